The Morgan fingerprint density at radius 3 is 2.83 bits per heavy atom. The highest BCUT2D eigenvalue weighted by Crippen LogP contribution is 2.11. The predicted molar refractivity (Wildman–Crippen MR) is 75.1 cm³/mol. The second-order valence-electron chi connectivity index (χ2n) is 4.79. The fourth-order valence-electron chi connectivity index (χ4n) is 2.54. The number of rotatable bonds is 6. The van der Waals surface area contributed by atoms with E-state index < -0.39 is 0 Å². The van der Waals surface area contributed by atoms with Gasteiger partial charge in [-0.2, -0.15) is 0 Å². The van der Waals surface area contributed by atoms with Crippen molar-refractivity contribution < 1.29 is 4.74 Å². The first kappa shape index (κ1) is 13.4. The van der Waals surface area contributed by atoms with E-state index in [1.54, 1.807) is 0 Å². The molecule has 1 N–H and O–H groups in total. The highest BCUT2D eigenvalue weighted by atomic mass is 16.5. The van der Waals surface area contributed by atoms with Gasteiger partial charge in [0.25, 0.3) is 0 Å². The van der Waals surface area contributed by atoms with Crippen LogP contribution < -0.4 is 10.1 Å². The Morgan fingerprint density at radius 2 is 2.17 bits per heavy atom. The van der Waals surface area contributed by atoms with Crippen LogP contribution in [0.25, 0.3) is 0 Å². The lowest BCUT2D eigenvalue weighted by Gasteiger charge is -2.33. The third-order valence-corrected chi connectivity index (χ3v) is 3.58. The standard InChI is InChI=1S/C15H24N2O/c1-2-17(14-7-6-10-16-13-14)11-12-18-15-8-4-3-5-9-15/h3-5,8-9,14,16H,2,6-7,10-13H2,1H3. The predicted octanol–water partition coefficient (Wildman–Crippen LogP) is 2.14. The normalized spacial score (nSPS) is 20.0. The molecule has 3 heteroatoms. The molecule has 0 radical (unpaired) electrons. The van der Waals surface area contributed by atoms with Gasteiger partial charge in [-0.25, -0.2) is 0 Å². The van der Waals surface area contributed by atoms with Crippen molar-refractivity contribution in [2.45, 2.75) is 25.8 Å². The molecule has 1 aliphatic heterocycles. The summed E-state index contributed by atoms with van der Waals surface area (Å²) in [7, 11) is 0. The van der Waals surface area contributed by atoms with Crippen molar-refractivity contribution >= 4 is 0 Å². The van der Waals surface area contributed by atoms with Crippen LogP contribution in [-0.2, 0) is 0 Å². The van der Waals surface area contributed by atoms with E-state index in [4.69, 9.17) is 4.74 Å². The van der Waals surface area contributed by atoms with E-state index in [0.717, 1.165) is 32.0 Å². The molecule has 3 nitrogen and oxygen atoms in total. The molecule has 0 aliphatic carbocycles. The lowest BCUT2D eigenvalue weighted by atomic mass is 10.1. The quantitative estimate of drug-likeness (QED) is 0.835. The van der Waals surface area contributed by atoms with E-state index in [0.29, 0.717) is 6.04 Å². The largest absolute Gasteiger partial charge is 0.492 e. The fourth-order valence-corrected chi connectivity index (χ4v) is 2.54. The first-order valence-electron chi connectivity index (χ1n) is 7.02. The van der Waals surface area contributed by atoms with Crippen molar-refractivity contribution in [3.63, 3.8) is 0 Å². The van der Waals surface area contributed by atoms with Crippen LogP contribution in [0.1, 0.15) is 19.8 Å². The first-order valence-corrected chi connectivity index (χ1v) is 7.02. The van der Waals surface area contributed by atoms with Gasteiger partial charge in [0.2, 0.25) is 0 Å². The average molecular weight is 248 g/mol. The number of piperidine rings is 1. The molecule has 0 amide bonds. The zero-order valence-corrected chi connectivity index (χ0v) is 11.3. The summed E-state index contributed by atoms with van der Waals surface area (Å²) < 4.78 is 5.77. The molecule has 1 unspecified atom stereocenters. The maximum absolute atomic E-state index is 5.77. The molecule has 1 aliphatic rings. The van der Waals surface area contributed by atoms with Crippen LogP contribution >= 0.6 is 0 Å². The Hall–Kier alpha value is -1.06. The zero-order valence-electron chi connectivity index (χ0n) is 11.3. The molecular formula is C15H24N2O. The topological polar surface area (TPSA) is 24.5 Å². The Balaban J connectivity index is 1.73. The summed E-state index contributed by atoms with van der Waals surface area (Å²) in [6, 6.07) is 10.7. The third kappa shape index (κ3) is 4.00. The molecule has 0 spiro atoms. The minimum atomic E-state index is 0.683. The van der Waals surface area contributed by atoms with Crippen LogP contribution in [0.15, 0.2) is 30.3 Å². The van der Waals surface area contributed by atoms with Crippen LogP contribution in [-0.4, -0.2) is 43.7 Å². The Morgan fingerprint density at radius 1 is 1.33 bits per heavy atom. The summed E-state index contributed by atoms with van der Waals surface area (Å²) in [4.78, 5) is 2.52. The second-order valence-corrected chi connectivity index (χ2v) is 4.79. The smallest absolute Gasteiger partial charge is 0.119 e. The molecule has 1 aromatic rings. The molecule has 1 saturated heterocycles. The van der Waals surface area contributed by atoms with Crippen molar-refractivity contribution in [1.29, 1.82) is 0 Å². The van der Waals surface area contributed by atoms with Crippen molar-refractivity contribution in [3.05, 3.63) is 30.3 Å². The summed E-state index contributed by atoms with van der Waals surface area (Å²) in [6.45, 7) is 7.42. The average Bonchev–Trinajstić information content (AvgIpc) is 2.46. The number of nitrogens with one attached hydrogen (secondary N) is 1. The van der Waals surface area contributed by atoms with E-state index in [1.807, 2.05) is 30.3 Å². The van der Waals surface area contributed by atoms with Crippen molar-refractivity contribution in [2.24, 2.45) is 0 Å². The molecule has 0 aromatic heterocycles. The number of hydrogen-bond acceptors (Lipinski definition) is 3. The number of para-hydroxylation sites is 1. The molecular weight excluding hydrogens is 224 g/mol. The lowest BCUT2D eigenvalue weighted by molar-refractivity contribution is 0.144. The van der Waals surface area contributed by atoms with Crippen molar-refractivity contribution in [1.82, 2.24) is 10.2 Å². The van der Waals surface area contributed by atoms with E-state index in [2.05, 4.69) is 17.1 Å². The summed E-state index contributed by atoms with van der Waals surface area (Å²) in [5.74, 6) is 0.968. The summed E-state index contributed by atoms with van der Waals surface area (Å²) in [6.07, 6.45) is 2.60. The molecule has 1 atom stereocenters. The number of hydrogen-bond donors (Lipinski definition) is 1. The van der Waals surface area contributed by atoms with E-state index in [9.17, 15) is 0 Å². The monoisotopic (exact) mass is 248 g/mol. The Bertz CT molecular complexity index is 323. The van der Waals surface area contributed by atoms with Gasteiger partial charge in [0.15, 0.2) is 0 Å². The number of benzene rings is 1. The molecule has 1 aromatic carbocycles. The second kappa shape index (κ2) is 7.39. The molecule has 0 bridgehead atoms. The van der Waals surface area contributed by atoms with Gasteiger partial charge in [0.1, 0.15) is 12.4 Å². The van der Waals surface area contributed by atoms with Gasteiger partial charge in [-0.05, 0) is 38.1 Å². The minimum Gasteiger partial charge on any atom is -0.492 e. The highest BCUT2D eigenvalue weighted by Gasteiger charge is 2.19. The highest BCUT2D eigenvalue weighted by molar-refractivity contribution is 5.20. The zero-order chi connectivity index (χ0) is 12.6. The van der Waals surface area contributed by atoms with Crippen molar-refractivity contribution in [2.75, 3.05) is 32.8 Å². The molecule has 100 valence electrons. The molecule has 0 saturated carbocycles. The van der Waals surface area contributed by atoms with Gasteiger partial charge >= 0.3 is 0 Å². The molecule has 1 fully saturated rings. The van der Waals surface area contributed by atoms with Crippen LogP contribution in [0, 0.1) is 0 Å². The Kier molecular flexibility index (Phi) is 5.49. The Labute approximate surface area is 110 Å². The molecule has 1 heterocycles. The first-order chi connectivity index (χ1) is 8.90. The fraction of sp³-hybridized carbons (Fsp3) is 0.600. The number of likely N-dealkylation sites (N-methyl/N-ethyl adjacent to an activating group) is 1. The van der Waals surface area contributed by atoms with Gasteiger partial charge < -0.3 is 10.1 Å². The van der Waals surface area contributed by atoms with Crippen molar-refractivity contribution in [3.8, 4) is 5.75 Å². The lowest BCUT2D eigenvalue weighted by Crippen LogP contribution is -2.47. The number of ether oxygens (including phenoxy) is 1. The van der Waals surface area contributed by atoms with Gasteiger partial charge in [-0.3, -0.25) is 4.90 Å². The van der Waals surface area contributed by atoms with Crippen LogP contribution in [0.4, 0.5) is 0 Å². The maximum atomic E-state index is 5.77. The van der Waals surface area contributed by atoms with E-state index >= 15 is 0 Å². The molecule has 2 rings (SSSR count). The van der Waals surface area contributed by atoms with Crippen LogP contribution in [0.5, 0.6) is 5.75 Å². The maximum Gasteiger partial charge on any atom is 0.119 e. The SMILES string of the molecule is CCN(CCOc1ccccc1)C1CCCNC1. The van der Waals surface area contributed by atoms with E-state index in [1.165, 1.54) is 19.4 Å². The van der Waals surface area contributed by atoms with Gasteiger partial charge in [0.05, 0.1) is 0 Å². The van der Waals surface area contributed by atoms with Gasteiger partial charge in [-0.15, -0.1) is 0 Å². The summed E-state index contributed by atoms with van der Waals surface area (Å²) in [5, 5.41) is 3.48. The summed E-state index contributed by atoms with van der Waals surface area (Å²) >= 11 is 0. The minimum absolute atomic E-state index is 0.683. The number of nitrogens with zero attached hydrogens (tertiary/aromatic N) is 1. The van der Waals surface area contributed by atoms with Gasteiger partial charge in [-0.1, -0.05) is 25.1 Å². The molecule has 18 heavy (non-hydrogen) atoms. The third-order valence-electron chi connectivity index (χ3n) is 3.58. The van der Waals surface area contributed by atoms with Gasteiger partial charge in [0, 0.05) is 19.1 Å². The van der Waals surface area contributed by atoms with E-state index in [-0.39, 0.29) is 0 Å². The summed E-state index contributed by atoms with van der Waals surface area (Å²) in [5.41, 5.74) is 0. The van der Waals surface area contributed by atoms with Crippen LogP contribution in [0.3, 0.4) is 0 Å². The van der Waals surface area contributed by atoms with Crippen LogP contribution in [0.2, 0.25) is 0 Å².